The van der Waals surface area contributed by atoms with Gasteiger partial charge in [-0.3, -0.25) is 19.4 Å². The van der Waals surface area contributed by atoms with Gasteiger partial charge in [-0.1, -0.05) is 18.2 Å². The van der Waals surface area contributed by atoms with Crippen LogP contribution in [0.4, 0.5) is 5.69 Å². The number of benzene rings is 3. The fourth-order valence-electron chi connectivity index (χ4n) is 5.81. The number of piperazine rings is 1. The molecule has 0 radical (unpaired) electrons. The van der Waals surface area contributed by atoms with Crippen molar-refractivity contribution in [2.24, 2.45) is 4.99 Å². The van der Waals surface area contributed by atoms with Crippen LogP contribution in [0.15, 0.2) is 70.1 Å². The number of hydrogen-bond acceptors (Lipinski definition) is 6. The Morgan fingerprint density at radius 1 is 0.860 bits per heavy atom. The molecule has 43 heavy (non-hydrogen) atoms. The molecule has 2 aromatic carbocycles. The number of nitrogens with zero attached hydrogens (tertiary/aromatic N) is 4. The van der Waals surface area contributed by atoms with E-state index in [1.165, 1.54) is 0 Å². The number of carboxylic acid groups (broad SMARTS) is 1. The minimum Gasteiger partial charge on any atom is -0.481 e. The first-order chi connectivity index (χ1) is 20.8. The monoisotopic (exact) mass is 582 g/mol. The number of hydrogen-bond donors (Lipinski definition) is 1. The summed E-state index contributed by atoms with van der Waals surface area (Å²) in [6.07, 6.45) is -0.227. The molecule has 0 spiro atoms. The lowest BCUT2D eigenvalue weighted by Crippen LogP contribution is -2.50. The fourth-order valence-corrected chi connectivity index (χ4v) is 5.81. The van der Waals surface area contributed by atoms with Crippen molar-refractivity contribution in [3.05, 3.63) is 71.6 Å². The summed E-state index contributed by atoms with van der Waals surface area (Å²) in [5.74, 6) is -0.593. The predicted molar refractivity (Wildman–Crippen MR) is 167 cm³/mol. The van der Waals surface area contributed by atoms with Gasteiger partial charge >= 0.3 is 5.97 Å². The Morgan fingerprint density at radius 2 is 1.58 bits per heavy atom. The first-order valence-electron chi connectivity index (χ1n) is 15.0. The molecule has 2 aliphatic heterocycles. The van der Waals surface area contributed by atoms with Gasteiger partial charge < -0.3 is 24.2 Å². The maximum atomic E-state index is 14.0. The average Bonchev–Trinajstić information content (AvgIpc) is 3.03. The molecule has 5 rings (SSSR count). The third kappa shape index (κ3) is 6.26. The summed E-state index contributed by atoms with van der Waals surface area (Å²) < 4.78 is 6.50. The molecule has 9 heteroatoms. The Balaban J connectivity index is 1.56. The molecule has 0 saturated carbocycles. The van der Waals surface area contributed by atoms with Crippen LogP contribution in [-0.4, -0.2) is 78.5 Å². The summed E-state index contributed by atoms with van der Waals surface area (Å²) in [5, 5.41) is 10.7. The van der Waals surface area contributed by atoms with Crippen LogP contribution >= 0.6 is 0 Å². The largest absolute Gasteiger partial charge is 0.481 e. The van der Waals surface area contributed by atoms with Crippen LogP contribution in [0, 0.1) is 0 Å². The van der Waals surface area contributed by atoms with Crippen LogP contribution < -0.4 is 10.3 Å². The molecule has 0 atom stereocenters. The quantitative estimate of drug-likeness (QED) is 0.275. The van der Waals surface area contributed by atoms with Gasteiger partial charge in [0, 0.05) is 92.1 Å². The Labute approximate surface area is 251 Å². The van der Waals surface area contributed by atoms with Gasteiger partial charge in [0.05, 0.1) is 11.8 Å². The van der Waals surface area contributed by atoms with Crippen LogP contribution in [0.25, 0.3) is 33.4 Å². The molecule has 2 amide bonds. The van der Waals surface area contributed by atoms with Gasteiger partial charge in [-0.2, -0.15) is 0 Å². The minimum absolute atomic E-state index is 0.0332. The maximum absolute atomic E-state index is 14.0. The summed E-state index contributed by atoms with van der Waals surface area (Å²) in [4.78, 5) is 47.6. The molecular formula is C34H38N4O5. The maximum Gasteiger partial charge on any atom is 0.303 e. The number of aliphatic carboxylic acids is 1. The number of carboxylic acids is 1. The summed E-state index contributed by atoms with van der Waals surface area (Å²) in [7, 11) is 0. The minimum atomic E-state index is -0.993. The lowest BCUT2D eigenvalue weighted by molar-refractivity contribution is -0.141. The zero-order chi connectivity index (χ0) is 30.5. The van der Waals surface area contributed by atoms with Crippen LogP contribution in [0.3, 0.4) is 0 Å². The highest BCUT2D eigenvalue weighted by Crippen LogP contribution is 2.42. The fraction of sp³-hybridized carbons (Fsp3) is 0.353. The topological polar surface area (TPSA) is 107 Å². The van der Waals surface area contributed by atoms with E-state index in [0.29, 0.717) is 44.0 Å². The number of carbonyl (C=O) groups is 3. The van der Waals surface area contributed by atoms with Gasteiger partial charge in [0.25, 0.3) is 5.91 Å². The summed E-state index contributed by atoms with van der Waals surface area (Å²) in [6, 6.07) is 19.9. The first kappa shape index (κ1) is 29.8. The van der Waals surface area contributed by atoms with Gasteiger partial charge in [-0.15, -0.1) is 0 Å². The van der Waals surface area contributed by atoms with Gasteiger partial charge in [0.1, 0.15) is 11.3 Å². The number of rotatable bonds is 9. The summed E-state index contributed by atoms with van der Waals surface area (Å²) in [5.41, 5.74) is 5.02. The first-order valence-corrected chi connectivity index (χ1v) is 15.0. The third-order valence-electron chi connectivity index (χ3n) is 8.06. The second kappa shape index (κ2) is 13.1. The van der Waals surface area contributed by atoms with Crippen LogP contribution in [0.1, 0.15) is 44.0 Å². The van der Waals surface area contributed by atoms with E-state index in [0.717, 1.165) is 51.8 Å². The molecule has 9 nitrogen and oxygen atoms in total. The highest BCUT2D eigenvalue weighted by molar-refractivity contribution is 6.09. The molecule has 3 aliphatic rings. The van der Waals surface area contributed by atoms with E-state index in [1.54, 1.807) is 9.80 Å². The predicted octanol–water partition coefficient (Wildman–Crippen LogP) is 5.12. The Morgan fingerprint density at radius 3 is 2.28 bits per heavy atom. The van der Waals surface area contributed by atoms with Crippen LogP contribution in [0.2, 0.25) is 0 Å². The van der Waals surface area contributed by atoms with Crippen molar-refractivity contribution < 1.29 is 23.9 Å². The molecule has 0 bridgehead atoms. The van der Waals surface area contributed by atoms with E-state index >= 15 is 0 Å². The molecule has 1 N–H and O–H groups in total. The zero-order valence-electron chi connectivity index (χ0n) is 25.0. The Kier molecular flexibility index (Phi) is 9.09. The Bertz CT molecular complexity index is 1680. The highest BCUT2D eigenvalue weighted by atomic mass is 16.4. The van der Waals surface area contributed by atoms with Crippen molar-refractivity contribution in [1.82, 2.24) is 9.80 Å². The standard InChI is InChI=1S/C34H38N4O5/c1-4-35-23-11-13-27-29(21-23)43-30-22-24(36(5-2)6-3)12-14-28(30)33(27)25-9-7-8-10-26(25)34(42)38-19-17-37(18-20-38)31(39)15-16-32(40)41/h7-14,21-22H,4-6,15-20H2,1-3H3,(H,40,41)/b35-23-. The molecule has 2 heterocycles. The SMILES string of the molecule is CC/N=c1/ccc2c(-c3ccccc3C(=O)N3CCN(C(=O)CCC(=O)O)CC3)c3ccc(N(CC)CC)cc3oc-2c1. The van der Waals surface area contributed by atoms with Gasteiger partial charge in [-0.05, 0) is 56.7 Å². The normalized spacial score (nSPS) is 14.0. The summed E-state index contributed by atoms with van der Waals surface area (Å²) in [6.45, 7) is 10.2. The number of carbonyl (C=O) groups excluding carboxylic acids is 2. The number of fused-ring (bicyclic) bond motifs is 2. The van der Waals surface area contributed by atoms with Gasteiger partial charge in [-0.25, -0.2) is 0 Å². The number of amides is 2. The van der Waals surface area contributed by atoms with Crippen molar-refractivity contribution in [1.29, 1.82) is 0 Å². The molecule has 1 fully saturated rings. The third-order valence-corrected chi connectivity index (χ3v) is 8.06. The van der Waals surface area contributed by atoms with Crippen molar-refractivity contribution in [3.63, 3.8) is 0 Å². The smallest absolute Gasteiger partial charge is 0.303 e. The van der Waals surface area contributed by atoms with Gasteiger partial charge in [0.2, 0.25) is 5.91 Å². The zero-order valence-corrected chi connectivity index (χ0v) is 25.0. The van der Waals surface area contributed by atoms with Crippen molar-refractivity contribution in [2.45, 2.75) is 33.6 Å². The molecular weight excluding hydrogens is 544 g/mol. The molecule has 1 aliphatic carbocycles. The molecule has 0 unspecified atom stereocenters. The van der Waals surface area contributed by atoms with E-state index in [1.807, 2.05) is 49.4 Å². The average molecular weight is 583 g/mol. The molecule has 0 aromatic heterocycles. The molecule has 1 saturated heterocycles. The molecule has 224 valence electrons. The van der Waals surface area contributed by atoms with Crippen molar-refractivity contribution in [3.8, 4) is 22.5 Å². The second-order valence-corrected chi connectivity index (χ2v) is 10.6. The van der Waals surface area contributed by atoms with Gasteiger partial charge in [0.15, 0.2) is 0 Å². The lowest BCUT2D eigenvalue weighted by atomic mass is 9.90. The van der Waals surface area contributed by atoms with E-state index in [4.69, 9.17) is 9.52 Å². The lowest BCUT2D eigenvalue weighted by Gasteiger charge is -2.35. The second-order valence-electron chi connectivity index (χ2n) is 10.6. The van der Waals surface area contributed by atoms with Crippen LogP contribution in [0.5, 0.6) is 0 Å². The van der Waals surface area contributed by atoms with Crippen molar-refractivity contribution >= 4 is 34.4 Å². The van der Waals surface area contributed by atoms with E-state index < -0.39 is 5.97 Å². The highest BCUT2D eigenvalue weighted by Gasteiger charge is 2.28. The Hall–Kier alpha value is -4.66. The number of anilines is 1. The summed E-state index contributed by atoms with van der Waals surface area (Å²) >= 11 is 0. The van der Waals surface area contributed by atoms with Crippen LogP contribution in [-0.2, 0) is 9.59 Å². The van der Waals surface area contributed by atoms with Crippen molar-refractivity contribution in [2.75, 3.05) is 50.7 Å². The van der Waals surface area contributed by atoms with E-state index in [2.05, 4.69) is 41.9 Å². The molecule has 2 aromatic rings. The van der Waals surface area contributed by atoms with E-state index in [9.17, 15) is 14.4 Å². The van der Waals surface area contributed by atoms with E-state index in [-0.39, 0.29) is 24.7 Å².